The second kappa shape index (κ2) is 7.15. The number of amides is 2. The highest BCUT2D eigenvalue weighted by atomic mass is 32.1. The van der Waals surface area contributed by atoms with Gasteiger partial charge in [-0.3, -0.25) is 14.5 Å². The van der Waals surface area contributed by atoms with Gasteiger partial charge in [-0.1, -0.05) is 29.8 Å². The maximum absolute atomic E-state index is 12.4. The van der Waals surface area contributed by atoms with Gasteiger partial charge in [-0.05, 0) is 36.8 Å². The summed E-state index contributed by atoms with van der Waals surface area (Å²) in [5, 5.41) is 5.09. The van der Waals surface area contributed by atoms with Crippen LogP contribution in [-0.2, 0) is 11.3 Å². The van der Waals surface area contributed by atoms with E-state index in [9.17, 15) is 9.59 Å². The number of nitrogens with two attached hydrogens (primary N) is 1. The highest BCUT2D eigenvalue weighted by Crippen LogP contribution is 2.29. The smallest absolute Gasteiger partial charge is 0.251 e. The largest absolute Gasteiger partial charge is 0.366 e. The first-order chi connectivity index (χ1) is 11.5. The fourth-order valence-electron chi connectivity index (χ4n) is 2.63. The molecule has 0 atom stereocenters. The number of anilines is 1. The van der Waals surface area contributed by atoms with Gasteiger partial charge in [0.05, 0.1) is 12.1 Å². The van der Waals surface area contributed by atoms with E-state index in [-0.39, 0.29) is 5.91 Å². The minimum atomic E-state index is -0.523. The molecule has 1 aromatic carbocycles. The molecule has 0 spiro atoms. The van der Waals surface area contributed by atoms with Crippen molar-refractivity contribution in [1.29, 1.82) is 0 Å². The van der Waals surface area contributed by atoms with Crippen molar-refractivity contribution in [3.8, 4) is 0 Å². The van der Waals surface area contributed by atoms with Crippen LogP contribution < -0.4 is 11.1 Å². The quantitative estimate of drug-likeness (QED) is 0.812. The summed E-state index contributed by atoms with van der Waals surface area (Å²) < 4.78 is 0. The zero-order chi connectivity index (χ0) is 17.1. The van der Waals surface area contributed by atoms with Gasteiger partial charge in [0, 0.05) is 12.6 Å². The van der Waals surface area contributed by atoms with Crippen molar-refractivity contribution < 1.29 is 9.59 Å². The number of thiophene rings is 1. The number of nitrogens with one attached hydrogen (secondary N) is 1. The standard InChI is InChI=1S/C18H21N3O2S/c1-12-2-4-13(5-3-12)10-21(14-6-7-14)11-16(22)20-18-15(17(19)23)8-9-24-18/h2-5,8-9,14H,6-7,10-11H2,1H3,(H2,19,23)(H,20,22). The van der Waals surface area contributed by atoms with Gasteiger partial charge in [0.15, 0.2) is 0 Å². The molecule has 3 rings (SSSR count). The Kier molecular flexibility index (Phi) is 4.97. The summed E-state index contributed by atoms with van der Waals surface area (Å²) in [6, 6.07) is 10.5. The Hall–Kier alpha value is -2.18. The Bertz CT molecular complexity index is 735. The maximum atomic E-state index is 12.4. The number of nitrogens with zero attached hydrogens (tertiary/aromatic N) is 1. The fourth-order valence-corrected chi connectivity index (χ4v) is 3.44. The molecular weight excluding hydrogens is 322 g/mol. The lowest BCUT2D eigenvalue weighted by atomic mass is 10.1. The van der Waals surface area contributed by atoms with Gasteiger partial charge >= 0.3 is 0 Å². The lowest BCUT2D eigenvalue weighted by Gasteiger charge is -2.21. The van der Waals surface area contributed by atoms with Gasteiger partial charge in [-0.25, -0.2) is 0 Å². The number of carbonyl (C=O) groups excluding carboxylic acids is 2. The maximum Gasteiger partial charge on any atom is 0.251 e. The zero-order valence-electron chi connectivity index (χ0n) is 13.6. The molecule has 0 aliphatic heterocycles. The molecule has 24 heavy (non-hydrogen) atoms. The molecular formula is C18H21N3O2S. The molecule has 0 saturated heterocycles. The van der Waals surface area contributed by atoms with Gasteiger partial charge in [-0.2, -0.15) is 0 Å². The number of primary amides is 1. The van der Waals surface area contributed by atoms with Crippen LogP contribution in [0.15, 0.2) is 35.7 Å². The summed E-state index contributed by atoms with van der Waals surface area (Å²) in [4.78, 5) is 25.9. The predicted molar refractivity (Wildman–Crippen MR) is 96.1 cm³/mol. The summed E-state index contributed by atoms with van der Waals surface area (Å²) in [5.74, 6) is -0.635. The molecule has 1 aliphatic rings. The minimum absolute atomic E-state index is 0.112. The first kappa shape index (κ1) is 16.7. The molecule has 2 aromatic rings. The molecule has 0 unspecified atom stereocenters. The molecule has 5 nitrogen and oxygen atoms in total. The van der Waals surface area contributed by atoms with Crippen LogP contribution in [0.1, 0.15) is 34.3 Å². The van der Waals surface area contributed by atoms with E-state index in [0.717, 1.165) is 19.4 Å². The van der Waals surface area contributed by atoms with Gasteiger partial charge in [0.1, 0.15) is 5.00 Å². The molecule has 126 valence electrons. The van der Waals surface area contributed by atoms with Crippen LogP contribution in [0.5, 0.6) is 0 Å². The third-order valence-electron chi connectivity index (χ3n) is 4.10. The second-order valence-corrected chi connectivity index (χ2v) is 7.11. The van der Waals surface area contributed by atoms with Gasteiger partial charge in [-0.15, -0.1) is 11.3 Å². The number of hydrogen-bond acceptors (Lipinski definition) is 4. The van der Waals surface area contributed by atoms with E-state index in [1.165, 1.54) is 22.5 Å². The average molecular weight is 343 g/mol. The van der Waals surface area contributed by atoms with E-state index in [4.69, 9.17) is 5.73 Å². The summed E-state index contributed by atoms with van der Waals surface area (Å²) >= 11 is 1.31. The molecule has 6 heteroatoms. The molecule has 3 N–H and O–H groups in total. The third-order valence-corrected chi connectivity index (χ3v) is 4.93. The van der Waals surface area contributed by atoms with Crippen LogP contribution in [0.25, 0.3) is 0 Å². The molecule has 2 amide bonds. The predicted octanol–water partition coefficient (Wildman–Crippen LogP) is 2.76. The average Bonchev–Trinajstić information content (AvgIpc) is 3.28. The van der Waals surface area contributed by atoms with Crippen LogP contribution in [0, 0.1) is 6.92 Å². The summed E-state index contributed by atoms with van der Waals surface area (Å²) in [6.07, 6.45) is 2.26. The van der Waals surface area contributed by atoms with E-state index in [1.807, 2.05) is 0 Å². The van der Waals surface area contributed by atoms with Crippen molar-refractivity contribution in [2.75, 3.05) is 11.9 Å². The van der Waals surface area contributed by atoms with Crippen LogP contribution >= 0.6 is 11.3 Å². The summed E-state index contributed by atoms with van der Waals surface area (Å²) in [6.45, 7) is 3.13. The topological polar surface area (TPSA) is 75.4 Å². The van der Waals surface area contributed by atoms with Crippen molar-refractivity contribution in [3.05, 3.63) is 52.4 Å². The van der Waals surface area contributed by atoms with Crippen LogP contribution in [-0.4, -0.2) is 29.3 Å². The van der Waals surface area contributed by atoms with Crippen molar-refractivity contribution in [1.82, 2.24) is 4.90 Å². The molecule has 0 radical (unpaired) electrons. The lowest BCUT2D eigenvalue weighted by molar-refractivity contribution is -0.117. The molecule has 1 aromatic heterocycles. The van der Waals surface area contributed by atoms with Gasteiger partial charge in [0.2, 0.25) is 5.91 Å². The van der Waals surface area contributed by atoms with E-state index in [0.29, 0.717) is 23.2 Å². The van der Waals surface area contributed by atoms with E-state index in [1.54, 1.807) is 11.4 Å². The van der Waals surface area contributed by atoms with E-state index < -0.39 is 5.91 Å². The Balaban J connectivity index is 1.63. The first-order valence-corrected chi connectivity index (χ1v) is 8.87. The Morgan fingerprint density at radius 2 is 1.96 bits per heavy atom. The van der Waals surface area contributed by atoms with E-state index >= 15 is 0 Å². The normalized spacial score (nSPS) is 13.9. The Labute approximate surface area is 145 Å². The summed E-state index contributed by atoms with van der Waals surface area (Å²) in [5.41, 5.74) is 8.11. The van der Waals surface area contributed by atoms with Crippen molar-refractivity contribution >= 4 is 28.2 Å². The Morgan fingerprint density at radius 3 is 2.58 bits per heavy atom. The first-order valence-electron chi connectivity index (χ1n) is 7.99. The third kappa shape index (κ3) is 4.21. The summed E-state index contributed by atoms with van der Waals surface area (Å²) in [7, 11) is 0. The Morgan fingerprint density at radius 1 is 1.25 bits per heavy atom. The highest BCUT2D eigenvalue weighted by molar-refractivity contribution is 7.14. The van der Waals surface area contributed by atoms with Crippen LogP contribution in [0.2, 0.25) is 0 Å². The highest BCUT2D eigenvalue weighted by Gasteiger charge is 2.30. The van der Waals surface area contributed by atoms with Gasteiger partial charge < -0.3 is 11.1 Å². The number of carbonyl (C=O) groups is 2. The monoisotopic (exact) mass is 343 g/mol. The fraction of sp³-hybridized carbons (Fsp3) is 0.333. The minimum Gasteiger partial charge on any atom is -0.366 e. The number of aryl methyl sites for hydroxylation is 1. The van der Waals surface area contributed by atoms with Crippen molar-refractivity contribution in [2.45, 2.75) is 32.4 Å². The van der Waals surface area contributed by atoms with Gasteiger partial charge in [0.25, 0.3) is 5.91 Å². The van der Waals surface area contributed by atoms with E-state index in [2.05, 4.69) is 41.4 Å². The molecule has 1 heterocycles. The SMILES string of the molecule is Cc1ccc(CN(CC(=O)Nc2sccc2C(N)=O)C2CC2)cc1. The molecule has 1 saturated carbocycles. The number of hydrogen-bond donors (Lipinski definition) is 2. The second-order valence-electron chi connectivity index (χ2n) is 6.20. The lowest BCUT2D eigenvalue weighted by Crippen LogP contribution is -2.34. The van der Waals surface area contributed by atoms with Crippen molar-refractivity contribution in [3.63, 3.8) is 0 Å². The zero-order valence-corrected chi connectivity index (χ0v) is 14.4. The van der Waals surface area contributed by atoms with Crippen LogP contribution in [0.4, 0.5) is 5.00 Å². The van der Waals surface area contributed by atoms with Crippen molar-refractivity contribution in [2.24, 2.45) is 5.73 Å². The molecule has 0 bridgehead atoms. The number of rotatable bonds is 7. The molecule has 1 aliphatic carbocycles. The number of benzene rings is 1. The molecule has 1 fully saturated rings. The van der Waals surface area contributed by atoms with Crippen LogP contribution in [0.3, 0.4) is 0 Å².